The van der Waals surface area contributed by atoms with Gasteiger partial charge < -0.3 is 19.3 Å². The number of carbonyl (C=O) groups excluding carboxylic acids is 2. The lowest BCUT2D eigenvalue weighted by molar-refractivity contribution is -0.151. The van der Waals surface area contributed by atoms with E-state index in [2.05, 4.69) is 46.3 Å². The van der Waals surface area contributed by atoms with Crippen LogP contribution in [0.4, 0.5) is 5.95 Å². The summed E-state index contributed by atoms with van der Waals surface area (Å²) in [4.78, 5) is 29.3. The van der Waals surface area contributed by atoms with Crippen LogP contribution in [0, 0.1) is 12.8 Å². The summed E-state index contributed by atoms with van der Waals surface area (Å²) in [5.41, 5.74) is 2.14. The van der Waals surface area contributed by atoms with Crippen LogP contribution in [0.5, 0.6) is 0 Å². The number of nitrogens with zero attached hydrogens (tertiary/aromatic N) is 5. The molecule has 2 aliphatic rings. The second kappa shape index (κ2) is 11.2. The van der Waals surface area contributed by atoms with Gasteiger partial charge in [-0.05, 0) is 45.7 Å². The summed E-state index contributed by atoms with van der Waals surface area (Å²) in [6.07, 6.45) is 1.28. The molecule has 10 heteroatoms. The van der Waals surface area contributed by atoms with Crippen LogP contribution in [0.25, 0.3) is 5.69 Å². The van der Waals surface area contributed by atoms with Gasteiger partial charge in [0.1, 0.15) is 0 Å². The molecule has 0 N–H and O–H groups in total. The van der Waals surface area contributed by atoms with Crippen LogP contribution in [-0.2, 0) is 19.1 Å². The Balaban J connectivity index is 1.48. The van der Waals surface area contributed by atoms with Gasteiger partial charge in [-0.15, -0.1) is 10.2 Å². The molecule has 0 unspecified atom stereocenters. The smallest absolute Gasteiger partial charge is 0.309 e. The molecule has 34 heavy (non-hydrogen) atoms. The predicted molar refractivity (Wildman–Crippen MR) is 130 cm³/mol. The molecule has 1 amide bonds. The van der Waals surface area contributed by atoms with Gasteiger partial charge in [-0.3, -0.25) is 14.2 Å². The van der Waals surface area contributed by atoms with E-state index in [1.54, 1.807) is 0 Å². The van der Waals surface area contributed by atoms with Gasteiger partial charge in [0.25, 0.3) is 0 Å². The molecule has 0 bridgehead atoms. The molecule has 4 rings (SSSR count). The minimum Gasteiger partial charge on any atom is -0.466 e. The summed E-state index contributed by atoms with van der Waals surface area (Å²) < 4.78 is 12.7. The zero-order valence-corrected chi connectivity index (χ0v) is 20.9. The average Bonchev–Trinajstić information content (AvgIpc) is 3.28. The number of hydrogen-bond donors (Lipinski definition) is 0. The fourth-order valence-corrected chi connectivity index (χ4v) is 5.23. The number of morpholine rings is 1. The van der Waals surface area contributed by atoms with Gasteiger partial charge >= 0.3 is 5.97 Å². The van der Waals surface area contributed by atoms with Gasteiger partial charge in [-0.25, -0.2) is 0 Å². The number of aryl methyl sites for hydroxylation is 1. The number of benzene rings is 1. The molecule has 0 saturated carbocycles. The molecule has 1 aromatic carbocycles. The Hall–Kier alpha value is -2.59. The van der Waals surface area contributed by atoms with Crippen molar-refractivity contribution < 1.29 is 19.1 Å². The Kier molecular flexibility index (Phi) is 8.10. The lowest BCUT2D eigenvalue weighted by Crippen LogP contribution is -2.43. The van der Waals surface area contributed by atoms with Gasteiger partial charge in [-0.1, -0.05) is 29.5 Å². The zero-order valence-electron chi connectivity index (χ0n) is 20.1. The number of piperidine rings is 1. The first kappa shape index (κ1) is 24.5. The van der Waals surface area contributed by atoms with Gasteiger partial charge in [0.05, 0.1) is 36.7 Å². The number of likely N-dealkylation sites (tertiary alicyclic amines) is 1. The highest BCUT2D eigenvalue weighted by atomic mass is 32.2. The molecule has 1 aromatic heterocycles. The van der Waals surface area contributed by atoms with Crippen LogP contribution in [0.3, 0.4) is 0 Å². The van der Waals surface area contributed by atoms with Crippen molar-refractivity contribution in [2.45, 2.75) is 44.0 Å². The molecule has 0 radical (unpaired) electrons. The first-order chi connectivity index (χ1) is 16.5. The number of hydrogen-bond acceptors (Lipinski definition) is 8. The van der Waals surface area contributed by atoms with Crippen LogP contribution in [0.1, 0.15) is 32.3 Å². The van der Waals surface area contributed by atoms with Crippen LogP contribution in [0.2, 0.25) is 0 Å². The summed E-state index contributed by atoms with van der Waals surface area (Å²) in [7, 11) is 0. The first-order valence-electron chi connectivity index (χ1n) is 11.9. The molecule has 184 valence electrons. The third-order valence-electron chi connectivity index (χ3n) is 6.26. The Labute approximate surface area is 204 Å². The van der Waals surface area contributed by atoms with E-state index in [9.17, 15) is 9.59 Å². The average molecular weight is 488 g/mol. The van der Waals surface area contributed by atoms with Gasteiger partial charge in [0.2, 0.25) is 11.9 Å². The summed E-state index contributed by atoms with van der Waals surface area (Å²) >= 11 is 1.42. The van der Waals surface area contributed by atoms with E-state index in [0.29, 0.717) is 50.9 Å². The predicted octanol–water partition coefficient (Wildman–Crippen LogP) is 2.69. The molecular weight excluding hydrogens is 454 g/mol. The normalized spacial score (nSPS) is 18.1. The van der Waals surface area contributed by atoms with E-state index in [4.69, 9.17) is 9.47 Å². The van der Waals surface area contributed by atoms with Crippen molar-refractivity contribution in [3.05, 3.63) is 29.8 Å². The number of ether oxygens (including phenoxy) is 2. The van der Waals surface area contributed by atoms with Crippen molar-refractivity contribution in [3.8, 4) is 5.69 Å². The lowest BCUT2D eigenvalue weighted by Gasteiger charge is -2.32. The highest BCUT2D eigenvalue weighted by Gasteiger charge is 2.31. The van der Waals surface area contributed by atoms with Crippen molar-refractivity contribution in [1.82, 2.24) is 19.7 Å². The van der Waals surface area contributed by atoms with Gasteiger partial charge in [0.15, 0.2) is 5.16 Å². The number of rotatable bonds is 7. The summed E-state index contributed by atoms with van der Waals surface area (Å²) in [6, 6.07) is 8.24. The van der Waals surface area contributed by atoms with Crippen molar-refractivity contribution >= 4 is 29.6 Å². The van der Waals surface area contributed by atoms with Crippen LogP contribution in [0.15, 0.2) is 29.4 Å². The molecule has 2 aliphatic heterocycles. The molecule has 2 aromatic rings. The minimum absolute atomic E-state index is 0.0543. The topological polar surface area (TPSA) is 89.8 Å². The number of esters is 1. The third-order valence-corrected chi connectivity index (χ3v) is 7.29. The number of thioether (sulfide) groups is 1. The monoisotopic (exact) mass is 487 g/mol. The van der Waals surface area contributed by atoms with Crippen molar-refractivity contribution in [1.29, 1.82) is 0 Å². The molecule has 2 fully saturated rings. The number of amides is 1. The maximum Gasteiger partial charge on any atom is 0.309 e. The summed E-state index contributed by atoms with van der Waals surface area (Å²) in [6.45, 7) is 10.1. The summed E-state index contributed by atoms with van der Waals surface area (Å²) in [5.74, 6) is 0.551. The maximum absolute atomic E-state index is 13.2. The molecule has 2 saturated heterocycles. The molecule has 0 spiro atoms. The third kappa shape index (κ3) is 5.55. The Bertz CT molecular complexity index is 982. The Morgan fingerprint density at radius 1 is 1.12 bits per heavy atom. The Morgan fingerprint density at radius 3 is 2.44 bits per heavy atom. The molecule has 0 aliphatic carbocycles. The highest BCUT2D eigenvalue weighted by Crippen LogP contribution is 2.31. The van der Waals surface area contributed by atoms with Crippen molar-refractivity contribution in [2.75, 3.05) is 50.9 Å². The quantitative estimate of drug-likeness (QED) is 0.435. The SMILES string of the molecule is CCOC(=O)C1CCN(C(=O)[C@H](C)Sc2nnc(N3CCOCC3)n2-c2ccc(C)cc2)CC1. The minimum atomic E-state index is -0.329. The van der Waals surface area contributed by atoms with Gasteiger partial charge in [0, 0.05) is 26.2 Å². The highest BCUT2D eigenvalue weighted by molar-refractivity contribution is 8.00. The molecule has 9 nitrogen and oxygen atoms in total. The fourth-order valence-electron chi connectivity index (χ4n) is 4.29. The summed E-state index contributed by atoms with van der Waals surface area (Å²) in [5, 5.41) is 9.33. The van der Waals surface area contributed by atoms with E-state index in [1.807, 2.05) is 23.3 Å². The van der Waals surface area contributed by atoms with Crippen LogP contribution >= 0.6 is 11.8 Å². The number of aromatic nitrogens is 3. The van der Waals surface area contributed by atoms with E-state index in [-0.39, 0.29) is 23.0 Å². The largest absolute Gasteiger partial charge is 0.466 e. The Morgan fingerprint density at radius 2 is 1.79 bits per heavy atom. The lowest BCUT2D eigenvalue weighted by atomic mass is 9.97. The maximum atomic E-state index is 13.2. The number of carbonyl (C=O) groups is 2. The van der Waals surface area contributed by atoms with E-state index >= 15 is 0 Å². The van der Waals surface area contributed by atoms with E-state index < -0.39 is 0 Å². The standard InChI is InChI=1S/C24H33N5O4S/c1-4-33-22(31)19-9-11-27(12-10-19)21(30)18(3)34-24-26-25-23(28-13-15-32-16-14-28)29(24)20-7-5-17(2)6-8-20/h5-8,18-19H,4,9-16H2,1-3H3/t18-/m0/s1. The van der Waals surface area contributed by atoms with Crippen LogP contribution in [-0.4, -0.2) is 82.8 Å². The second-order valence-electron chi connectivity index (χ2n) is 8.66. The van der Waals surface area contributed by atoms with Crippen LogP contribution < -0.4 is 4.90 Å². The van der Waals surface area contributed by atoms with Crippen molar-refractivity contribution in [2.24, 2.45) is 5.92 Å². The van der Waals surface area contributed by atoms with Crippen molar-refractivity contribution in [3.63, 3.8) is 0 Å². The number of anilines is 1. The first-order valence-corrected chi connectivity index (χ1v) is 12.8. The van der Waals surface area contributed by atoms with E-state index in [0.717, 1.165) is 24.7 Å². The zero-order chi connectivity index (χ0) is 24.1. The second-order valence-corrected chi connectivity index (χ2v) is 9.97. The molecule has 1 atom stereocenters. The fraction of sp³-hybridized carbons (Fsp3) is 0.583. The molecular formula is C24H33N5O4S. The molecule has 3 heterocycles. The van der Waals surface area contributed by atoms with Gasteiger partial charge in [-0.2, -0.15) is 0 Å². The van der Waals surface area contributed by atoms with E-state index in [1.165, 1.54) is 17.3 Å².